The van der Waals surface area contributed by atoms with E-state index in [0.717, 1.165) is 32.1 Å². The van der Waals surface area contributed by atoms with Gasteiger partial charge in [-0.3, -0.25) is 0 Å². The summed E-state index contributed by atoms with van der Waals surface area (Å²) in [5, 5.41) is 0. The number of anilines is 3. The lowest BCUT2D eigenvalue weighted by atomic mass is 9.60. The van der Waals surface area contributed by atoms with Crippen molar-refractivity contribution in [2.75, 3.05) is 4.90 Å². The molecular weight excluding hydrogens is 831 g/mol. The van der Waals surface area contributed by atoms with E-state index in [1.807, 2.05) is 0 Å². The first-order valence-electron chi connectivity index (χ1n) is 26.2. The van der Waals surface area contributed by atoms with E-state index in [1.54, 1.807) is 0 Å². The van der Waals surface area contributed by atoms with Crippen LogP contribution in [0, 0.1) is 6.92 Å². The third-order valence-corrected chi connectivity index (χ3v) is 18.4. The summed E-state index contributed by atoms with van der Waals surface area (Å²) in [6.45, 7) is 32.5. The standard InChI is InChI=1S/C68H75N/c1-44-34-35-53-61(67(12,13)41-38-64(53,6)7)58(44)49-42-48-47-28-20-21-29-50(47)68(45-24-16-14-17-25-45,46-26-18-15-19-27-46)54(48)43-57(49)69(55-32-22-30-51-59(55)65(8,9)39-36-62(51,2)3)56-33-23-31-52-60(56)66(10,11)40-37-63(52,4)5/h14-35,42-43H,36-41H2,1-13H3. The van der Waals surface area contributed by atoms with Crippen molar-refractivity contribution in [3.8, 4) is 22.3 Å². The van der Waals surface area contributed by atoms with Crippen molar-refractivity contribution in [1.29, 1.82) is 0 Å². The van der Waals surface area contributed by atoms with E-state index in [1.165, 1.54) is 107 Å². The van der Waals surface area contributed by atoms with Gasteiger partial charge in [0.15, 0.2) is 0 Å². The number of fused-ring (bicyclic) bond motifs is 6. The monoisotopic (exact) mass is 906 g/mol. The zero-order chi connectivity index (χ0) is 48.7. The highest BCUT2D eigenvalue weighted by atomic mass is 15.2. The third-order valence-electron chi connectivity index (χ3n) is 18.4. The van der Waals surface area contributed by atoms with Crippen molar-refractivity contribution in [2.24, 2.45) is 0 Å². The predicted molar refractivity (Wildman–Crippen MR) is 294 cm³/mol. The highest BCUT2D eigenvalue weighted by Crippen LogP contribution is 2.63. The first-order chi connectivity index (χ1) is 32.6. The summed E-state index contributed by atoms with van der Waals surface area (Å²) in [5.41, 5.74) is 24.3. The van der Waals surface area contributed by atoms with Gasteiger partial charge in [0.1, 0.15) is 0 Å². The Morgan fingerprint density at radius 3 is 1.25 bits per heavy atom. The number of rotatable bonds is 6. The fourth-order valence-corrected chi connectivity index (χ4v) is 14.2. The van der Waals surface area contributed by atoms with Gasteiger partial charge < -0.3 is 4.90 Å². The molecule has 0 radical (unpaired) electrons. The molecule has 1 heteroatoms. The first kappa shape index (κ1) is 45.8. The molecule has 0 atom stereocenters. The average molecular weight is 906 g/mol. The third kappa shape index (κ3) is 6.75. The molecule has 0 N–H and O–H groups in total. The molecule has 0 amide bonds. The second kappa shape index (κ2) is 15.4. The molecule has 0 saturated carbocycles. The van der Waals surface area contributed by atoms with E-state index in [4.69, 9.17) is 0 Å². The minimum atomic E-state index is -0.561. The summed E-state index contributed by atoms with van der Waals surface area (Å²) in [4.78, 5) is 2.84. The Hall–Kier alpha value is -5.66. The summed E-state index contributed by atoms with van der Waals surface area (Å²) in [6.07, 6.45) is 6.91. The smallest absolute Gasteiger partial charge is 0.0714 e. The van der Waals surface area contributed by atoms with Crippen molar-refractivity contribution in [2.45, 2.75) is 166 Å². The average Bonchev–Trinajstić information content (AvgIpc) is 3.61. The van der Waals surface area contributed by atoms with E-state index < -0.39 is 5.41 Å². The van der Waals surface area contributed by atoms with Crippen molar-refractivity contribution < 1.29 is 0 Å². The Labute approximate surface area is 415 Å². The molecule has 7 aromatic carbocycles. The summed E-state index contributed by atoms with van der Waals surface area (Å²) < 4.78 is 0. The molecular formula is C68H75N. The quantitative estimate of drug-likeness (QED) is 0.161. The second-order valence-electron chi connectivity index (χ2n) is 25.7. The van der Waals surface area contributed by atoms with Crippen LogP contribution >= 0.6 is 0 Å². The Morgan fingerprint density at radius 2 is 0.739 bits per heavy atom. The normalized spacial score (nSPS) is 20.1. The number of nitrogens with zero attached hydrogens (tertiary/aromatic N) is 1. The number of benzene rings is 7. The summed E-state index contributed by atoms with van der Waals surface area (Å²) in [5.74, 6) is 0. The molecule has 4 aliphatic carbocycles. The van der Waals surface area contributed by atoms with Crippen LogP contribution in [0.5, 0.6) is 0 Å². The molecule has 352 valence electrons. The lowest BCUT2D eigenvalue weighted by Gasteiger charge is -2.48. The molecule has 0 fully saturated rings. The molecule has 0 aromatic heterocycles. The van der Waals surface area contributed by atoms with Gasteiger partial charge in [-0.15, -0.1) is 0 Å². The second-order valence-corrected chi connectivity index (χ2v) is 25.7. The molecule has 0 aliphatic heterocycles. The Balaban J connectivity index is 1.39. The van der Waals surface area contributed by atoms with Gasteiger partial charge in [-0.05, 0) is 180 Å². The van der Waals surface area contributed by atoms with Crippen LogP contribution in [0.15, 0.2) is 146 Å². The molecule has 0 saturated heterocycles. The molecule has 69 heavy (non-hydrogen) atoms. The van der Waals surface area contributed by atoms with E-state index in [-0.39, 0.29) is 32.5 Å². The van der Waals surface area contributed by atoms with Gasteiger partial charge in [0.25, 0.3) is 0 Å². The van der Waals surface area contributed by atoms with Crippen LogP contribution in [0.4, 0.5) is 17.1 Å². The fraction of sp³-hybridized carbons (Fsp3) is 0.382. The van der Waals surface area contributed by atoms with Crippen LogP contribution in [0.2, 0.25) is 0 Å². The van der Waals surface area contributed by atoms with E-state index in [2.05, 4.69) is 241 Å². The van der Waals surface area contributed by atoms with E-state index >= 15 is 0 Å². The zero-order valence-electron chi connectivity index (χ0n) is 44.0. The van der Waals surface area contributed by atoms with Gasteiger partial charge in [-0.2, -0.15) is 0 Å². The maximum absolute atomic E-state index is 2.84. The molecule has 0 bridgehead atoms. The lowest BCUT2D eigenvalue weighted by molar-refractivity contribution is 0.331. The molecule has 7 aromatic rings. The topological polar surface area (TPSA) is 3.24 Å². The van der Waals surface area contributed by atoms with Crippen molar-refractivity contribution >= 4 is 17.1 Å². The van der Waals surface area contributed by atoms with Crippen molar-refractivity contribution in [3.05, 3.63) is 207 Å². The lowest BCUT2D eigenvalue weighted by Crippen LogP contribution is -2.37. The highest BCUT2D eigenvalue weighted by Gasteiger charge is 2.49. The van der Waals surface area contributed by atoms with Gasteiger partial charge in [-0.25, -0.2) is 0 Å². The predicted octanol–water partition coefficient (Wildman–Crippen LogP) is 18.5. The van der Waals surface area contributed by atoms with Crippen molar-refractivity contribution in [1.82, 2.24) is 0 Å². The number of hydrogen-bond donors (Lipinski definition) is 0. The fourth-order valence-electron chi connectivity index (χ4n) is 14.2. The maximum atomic E-state index is 2.84. The van der Waals surface area contributed by atoms with Gasteiger partial charge >= 0.3 is 0 Å². The largest absolute Gasteiger partial charge is 0.309 e. The molecule has 4 aliphatic rings. The van der Waals surface area contributed by atoms with Crippen LogP contribution in [-0.2, 0) is 37.9 Å². The zero-order valence-corrected chi connectivity index (χ0v) is 44.0. The molecule has 11 rings (SSSR count). The summed E-state index contributed by atoms with van der Waals surface area (Å²) in [6, 6.07) is 57.2. The number of aryl methyl sites for hydroxylation is 1. The highest BCUT2D eigenvalue weighted by molar-refractivity contribution is 5.99. The van der Waals surface area contributed by atoms with E-state index in [0.29, 0.717) is 0 Å². The first-order valence-corrected chi connectivity index (χ1v) is 26.2. The minimum absolute atomic E-state index is 0.0289. The molecule has 1 nitrogen and oxygen atoms in total. The van der Waals surface area contributed by atoms with Gasteiger partial charge in [0, 0.05) is 5.56 Å². The van der Waals surface area contributed by atoms with Gasteiger partial charge in [-0.1, -0.05) is 204 Å². The van der Waals surface area contributed by atoms with Crippen LogP contribution in [0.25, 0.3) is 22.3 Å². The van der Waals surface area contributed by atoms with Gasteiger partial charge in [0.2, 0.25) is 0 Å². The SMILES string of the molecule is Cc1ccc2c(c1-c1cc3c(cc1N(c1cccc4c1C(C)(C)CCC4(C)C)c1cccc4c1C(C)(C)CCC4(C)C)C(c1ccccc1)(c1ccccc1)c1ccccc1-3)C(C)(C)CCC2(C)C. The summed E-state index contributed by atoms with van der Waals surface area (Å²) in [7, 11) is 0. The maximum Gasteiger partial charge on any atom is 0.0714 e. The van der Waals surface area contributed by atoms with Crippen LogP contribution in [0.1, 0.15) is 183 Å². The number of hydrogen-bond acceptors (Lipinski definition) is 1. The molecule has 0 spiro atoms. The molecule has 0 heterocycles. The Morgan fingerprint density at radius 1 is 0.319 bits per heavy atom. The summed E-state index contributed by atoms with van der Waals surface area (Å²) >= 11 is 0. The van der Waals surface area contributed by atoms with Crippen LogP contribution in [-0.4, -0.2) is 0 Å². The molecule has 0 unspecified atom stereocenters. The van der Waals surface area contributed by atoms with E-state index in [9.17, 15) is 0 Å². The van der Waals surface area contributed by atoms with Crippen LogP contribution in [0.3, 0.4) is 0 Å². The van der Waals surface area contributed by atoms with Crippen molar-refractivity contribution in [3.63, 3.8) is 0 Å². The Bertz CT molecular complexity index is 3050. The van der Waals surface area contributed by atoms with Gasteiger partial charge in [0.05, 0.1) is 22.5 Å². The Kier molecular flexibility index (Phi) is 10.2. The minimum Gasteiger partial charge on any atom is -0.309 e. The van der Waals surface area contributed by atoms with Crippen LogP contribution < -0.4 is 4.90 Å².